The Morgan fingerprint density at radius 3 is 2.45 bits per heavy atom. The van der Waals surface area contributed by atoms with Gasteiger partial charge in [0.15, 0.2) is 5.82 Å². The van der Waals surface area contributed by atoms with E-state index in [1.54, 1.807) is 11.6 Å². The van der Waals surface area contributed by atoms with Crippen molar-refractivity contribution >= 4 is 17.5 Å². The lowest BCUT2D eigenvalue weighted by atomic mass is 9.96. The molecular weight excluding hydrogens is 674 g/mol. The number of carbonyl (C=O) groups excluding carboxylic acids is 1. The van der Waals surface area contributed by atoms with E-state index in [1.807, 2.05) is 0 Å². The summed E-state index contributed by atoms with van der Waals surface area (Å²) >= 11 is 0. The van der Waals surface area contributed by atoms with Gasteiger partial charge in [-0.2, -0.15) is 31.6 Å². The molecule has 2 aliphatic heterocycles. The Morgan fingerprint density at radius 2 is 1.80 bits per heavy atom. The van der Waals surface area contributed by atoms with Crippen molar-refractivity contribution in [3.8, 4) is 28.6 Å². The van der Waals surface area contributed by atoms with E-state index < -0.39 is 41.5 Å². The second kappa shape index (κ2) is 12.7. The molecule has 1 aliphatic carbocycles. The Hall–Kier alpha value is -4.97. The van der Waals surface area contributed by atoms with Gasteiger partial charge in [0.25, 0.3) is 5.91 Å². The summed E-state index contributed by atoms with van der Waals surface area (Å²) in [5.41, 5.74) is -1.76. The van der Waals surface area contributed by atoms with Crippen molar-refractivity contribution in [3.05, 3.63) is 76.6 Å². The summed E-state index contributed by atoms with van der Waals surface area (Å²) in [7, 11) is 1.64. The van der Waals surface area contributed by atoms with Gasteiger partial charge in [-0.3, -0.25) is 14.6 Å². The topological polar surface area (TPSA) is 103 Å². The molecule has 9 nitrogen and oxygen atoms in total. The molecule has 15 heteroatoms. The molecule has 2 aromatic carbocycles. The van der Waals surface area contributed by atoms with Crippen molar-refractivity contribution in [3.63, 3.8) is 0 Å². The predicted octanol–water partition coefficient (Wildman–Crippen LogP) is 7.83. The third-order valence-electron chi connectivity index (χ3n) is 9.92. The van der Waals surface area contributed by atoms with Gasteiger partial charge in [-0.25, -0.2) is 4.98 Å². The summed E-state index contributed by atoms with van der Waals surface area (Å²) in [6.45, 7) is 3.40. The first-order chi connectivity index (χ1) is 24.1. The third kappa shape index (κ3) is 6.89. The number of fused-ring (bicyclic) bond motifs is 1. The number of aromatic nitrogens is 4. The van der Waals surface area contributed by atoms with Crippen LogP contribution in [-0.4, -0.2) is 49.2 Å². The molecule has 4 heterocycles. The van der Waals surface area contributed by atoms with E-state index in [1.165, 1.54) is 30.6 Å². The van der Waals surface area contributed by atoms with Crippen molar-refractivity contribution in [1.82, 2.24) is 24.6 Å². The number of pyridine rings is 1. The standard InChI is InChI=1S/C36H34F6N8O/c1-21-4-3-11-49(17-21)18-22-12-27-28(29(13-22)36(40,41)42)19-50(33(27)51)31-15-23(14-30(45-31)46-34(7-8-34)9-10-43)26-16-24(35(37,38)39)5-6-25(26)32-47-44-20-48(32)2/h5-6,12-16,20-21H,3-4,7-9,11,17-19H2,1-2H3,(H,45,46)/t21-/m0/s1. The maximum absolute atomic E-state index is 14.6. The van der Waals surface area contributed by atoms with Gasteiger partial charge in [0.1, 0.15) is 18.0 Å². The molecule has 0 radical (unpaired) electrons. The number of hydrogen-bond donors (Lipinski definition) is 1. The zero-order chi connectivity index (χ0) is 36.3. The first-order valence-electron chi connectivity index (χ1n) is 16.6. The van der Waals surface area contributed by atoms with Crippen LogP contribution in [0.2, 0.25) is 0 Å². The molecule has 0 bridgehead atoms. The van der Waals surface area contributed by atoms with Crippen LogP contribution in [0.3, 0.4) is 0 Å². The Bertz CT molecular complexity index is 2040. The second-order valence-electron chi connectivity index (χ2n) is 13.9. The van der Waals surface area contributed by atoms with Gasteiger partial charge in [-0.1, -0.05) is 6.92 Å². The number of nitrogens with one attached hydrogen (secondary N) is 1. The number of aryl methyl sites for hydroxylation is 1. The summed E-state index contributed by atoms with van der Waals surface area (Å²) in [6.07, 6.45) is -4.66. The highest BCUT2D eigenvalue weighted by molar-refractivity contribution is 6.10. The molecule has 0 spiro atoms. The van der Waals surface area contributed by atoms with Crippen molar-refractivity contribution in [2.75, 3.05) is 23.3 Å². The number of rotatable bonds is 8. The number of hydrogen-bond acceptors (Lipinski definition) is 7. The molecule has 4 aromatic rings. The molecular formula is C36H34F6N8O. The van der Waals surface area contributed by atoms with Gasteiger partial charge < -0.3 is 9.88 Å². The highest BCUT2D eigenvalue weighted by Gasteiger charge is 2.44. The third-order valence-corrected chi connectivity index (χ3v) is 9.92. The molecule has 1 amide bonds. The Kier molecular flexibility index (Phi) is 8.56. The molecule has 2 fully saturated rings. The first kappa shape index (κ1) is 34.5. The summed E-state index contributed by atoms with van der Waals surface area (Å²) in [5.74, 6) is 0.0871. The molecule has 1 saturated heterocycles. The molecule has 266 valence electrons. The molecule has 3 aliphatic rings. The van der Waals surface area contributed by atoms with Gasteiger partial charge in [0.2, 0.25) is 0 Å². The van der Waals surface area contributed by atoms with Crippen molar-refractivity contribution in [2.45, 2.75) is 70.0 Å². The normalized spacial score (nSPS) is 18.8. The minimum Gasteiger partial charge on any atom is -0.364 e. The fourth-order valence-electron chi connectivity index (χ4n) is 7.16. The minimum atomic E-state index is -4.74. The zero-order valence-electron chi connectivity index (χ0n) is 27.9. The van der Waals surface area contributed by atoms with E-state index >= 15 is 0 Å². The van der Waals surface area contributed by atoms with Gasteiger partial charge in [-0.05, 0) is 103 Å². The molecule has 51 heavy (non-hydrogen) atoms. The number of alkyl halides is 6. The Balaban J connectivity index is 1.35. The number of anilines is 2. The summed E-state index contributed by atoms with van der Waals surface area (Å²) < 4.78 is 87.5. The maximum Gasteiger partial charge on any atom is 0.416 e. The molecule has 2 aromatic heterocycles. The van der Waals surface area contributed by atoms with Crippen LogP contribution in [0.15, 0.2) is 48.8 Å². The SMILES string of the molecule is C[C@H]1CCCN(Cc2cc3c(c(C(F)(F)F)c2)CN(c2cc(-c4cc(C(F)(F)F)ccc4-c4nncn4C)cc(NC4(CC#N)CC4)n2)C3=O)C1. The smallest absolute Gasteiger partial charge is 0.364 e. The number of piperidine rings is 1. The largest absolute Gasteiger partial charge is 0.416 e. The van der Waals surface area contributed by atoms with E-state index in [0.717, 1.165) is 49.0 Å². The second-order valence-corrected chi connectivity index (χ2v) is 13.9. The summed E-state index contributed by atoms with van der Waals surface area (Å²) in [6, 6.07) is 10.9. The van der Waals surface area contributed by atoms with E-state index in [2.05, 4.69) is 38.4 Å². The molecule has 1 atom stereocenters. The van der Waals surface area contributed by atoms with Crippen LogP contribution in [0.5, 0.6) is 0 Å². The van der Waals surface area contributed by atoms with Crippen LogP contribution in [0.1, 0.15) is 71.6 Å². The number of nitriles is 1. The van der Waals surface area contributed by atoms with E-state index in [4.69, 9.17) is 0 Å². The first-order valence-corrected chi connectivity index (χ1v) is 16.6. The Morgan fingerprint density at radius 1 is 1.02 bits per heavy atom. The molecule has 7 rings (SSSR count). The monoisotopic (exact) mass is 708 g/mol. The Labute approximate surface area is 289 Å². The van der Waals surface area contributed by atoms with Gasteiger partial charge in [0.05, 0.1) is 35.7 Å². The van der Waals surface area contributed by atoms with E-state index in [9.17, 15) is 36.4 Å². The number of halogens is 6. The molecule has 0 unspecified atom stereocenters. The quantitative estimate of drug-likeness (QED) is 0.186. The van der Waals surface area contributed by atoms with Crippen LogP contribution >= 0.6 is 0 Å². The van der Waals surface area contributed by atoms with Crippen molar-refractivity contribution in [1.29, 1.82) is 5.26 Å². The number of amides is 1. The van der Waals surface area contributed by atoms with Gasteiger partial charge >= 0.3 is 12.4 Å². The number of benzene rings is 2. The van der Waals surface area contributed by atoms with E-state index in [0.29, 0.717) is 29.9 Å². The predicted molar refractivity (Wildman–Crippen MR) is 176 cm³/mol. The van der Waals surface area contributed by atoms with E-state index in [-0.39, 0.29) is 52.7 Å². The van der Waals surface area contributed by atoms with Crippen molar-refractivity contribution in [2.24, 2.45) is 13.0 Å². The van der Waals surface area contributed by atoms with Crippen LogP contribution in [0.4, 0.5) is 38.0 Å². The highest BCUT2D eigenvalue weighted by Crippen LogP contribution is 2.45. The fraction of sp³-hybridized carbons (Fsp3) is 0.417. The number of likely N-dealkylation sites (tertiary alicyclic amines) is 1. The van der Waals surface area contributed by atoms with Crippen LogP contribution in [-0.2, 0) is 32.5 Å². The minimum absolute atomic E-state index is 0.0511. The van der Waals surface area contributed by atoms with Crippen LogP contribution < -0.4 is 10.2 Å². The number of nitrogens with zero attached hydrogens (tertiary/aromatic N) is 7. The van der Waals surface area contributed by atoms with Gasteiger partial charge in [-0.15, -0.1) is 10.2 Å². The fourth-order valence-corrected chi connectivity index (χ4v) is 7.16. The van der Waals surface area contributed by atoms with Gasteiger partial charge in [0, 0.05) is 31.3 Å². The summed E-state index contributed by atoms with van der Waals surface area (Å²) in [4.78, 5) is 21.9. The number of carbonyl (C=O) groups is 1. The lowest BCUT2D eigenvalue weighted by Gasteiger charge is -2.31. The zero-order valence-corrected chi connectivity index (χ0v) is 27.9. The summed E-state index contributed by atoms with van der Waals surface area (Å²) in [5, 5.41) is 20.6. The lowest BCUT2D eigenvalue weighted by molar-refractivity contribution is -0.138. The lowest BCUT2D eigenvalue weighted by Crippen LogP contribution is -2.33. The average Bonchev–Trinajstić information content (AvgIpc) is 3.53. The van der Waals surface area contributed by atoms with Crippen molar-refractivity contribution < 1.29 is 31.1 Å². The molecule has 1 N–H and O–H groups in total. The van der Waals surface area contributed by atoms with Crippen LogP contribution in [0.25, 0.3) is 22.5 Å². The molecule has 1 saturated carbocycles. The highest BCUT2D eigenvalue weighted by atomic mass is 19.4. The average molecular weight is 709 g/mol. The maximum atomic E-state index is 14.6. The van der Waals surface area contributed by atoms with Crippen LogP contribution in [0, 0.1) is 17.2 Å².